The molecule has 2 aromatic carbocycles. The van der Waals surface area contributed by atoms with Crippen LogP contribution in [0.4, 0.5) is 27.8 Å². The zero-order chi connectivity index (χ0) is 41.6. The second kappa shape index (κ2) is 15.3. The van der Waals surface area contributed by atoms with Gasteiger partial charge in [0.15, 0.2) is 15.7 Å². The summed E-state index contributed by atoms with van der Waals surface area (Å²) in [6, 6.07) is 7.52. The van der Waals surface area contributed by atoms with Crippen LogP contribution in [-0.2, 0) is 42.8 Å². The van der Waals surface area contributed by atoms with Crippen molar-refractivity contribution < 1.29 is 47.2 Å². The van der Waals surface area contributed by atoms with Gasteiger partial charge in [-0.25, -0.2) is 39.0 Å². The third-order valence-corrected chi connectivity index (χ3v) is 13.5. The molecular weight excluding hydrogens is 813 g/mol. The largest absolute Gasteiger partial charge is 0.408 e. The normalized spacial score (nSPS) is 14.6. The van der Waals surface area contributed by atoms with Crippen LogP contribution in [0.3, 0.4) is 0 Å². The zero-order valence-corrected chi connectivity index (χ0v) is 33.3. The van der Waals surface area contributed by atoms with Crippen LogP contribution in [0.5, 0.6) is 0 Å². The van der Waals surface area contributed by atoms with Gasteiger partial charge in [0.05, 0.1) is 34.8 Å². The van der Waals surface area contributed by atoms with Gasteiger partial charge in [-0.3, -0.25) is 4.68 Å². The van der Waals surface area contributed by atoms with Crippen LogP contribution >= 0.6 is 11.6 Å². The van der Waals surface area contributed by atoms with E-state index in [2.05, 4.69) is 28.5 Å². The number of sulfonamides is 2. The van der Waals surface area contributed by atoms with Crippen molar-refractivity contribution in [1.29, 1.82) is 0 Å². The molecule has 0 aliphatic carbocycles. The molecule has 0 fully saturated rings. The minimum absolute atomic E-state index is 0.0273. The molecule has 0 amide bonds. The highest BCUT2D eigenvalue weighted by Gasteiger charge is 2.36. The Hall–Kier alpha value is -4.35. The van der Waals surface area contributed by atoms with E-state index in [1.54, 1.807) is 12.1 Å². The van der Waals surface area contributed by atoms with Crippen molar-refractivity contribution in [2.75, 3.05) is 22.5 Å². The Morgan fingerprint density at radius 1 is 1.00 bits per heavy atom. The van der Waals surface area contributed by atoms with Crippen molar-refractivity contribution in [3.05, 3.63) is 99.8 Å². The Kier molecular flexibility index (Phi) is 12.1. The molecule has 0 bridgehead atoms. The van der Waals surface area contributed by atoms with Crippen molar-refractivity contribution in [3.63, 3.8) is 0 Å². The predicted octanol–water partition coefficient (Wildman–Crippen LogP) is 4.17. The Morgan fingerprint density at radius 2 is 1.55 bits per heavy atom. The van der Waals surface area contributed by atoms with Gasteiger partial charge in [0, 0.05) is 33.9 Å². The number of aromatic nitrogens is 3. The number of benzene rings is 2. The fraction of sp³-hybridized carbons (Fsp3) is 0.314. The highest BCUT2D eigenvalue weighted by Crippen LogP contribution is 2.33. The lowest BCUT2D eigenvalue weighted by Gasteiger charge is -2.21. The van der Waals surface area contributed by atoms with Crippen LogP contribution in [0.15, 0.2) is 55.1 Å². The molecule has 0 aliphatic rings. The van der Waals surface area contributed by atoms with E-state index >= 15 is 0 Å². The summed E-state index contributed by atoms with van der Waals surface area (Å²) in [5.41, 5.74) is 6.33. The van der Waals surface area contributed by atoms with Gasteiger partial charge in [0.1, 0.15) is 28.6 Å². The van der Waals surface area contributed by atoms with Crippen LogP contribution in [0, 0.1) is 23.5 Å². The number of hydrogen-bond donors (Lipinski definition) is 1. The quantitative estimate of drug-likeness (QED) is 0.183. The maximum absolute atomic E-state index is 14.3. The fourth-order valence-corrected chi connectivity index (χ4v) is 8.90. The third-order valence-electron chi connectivity index (χ3n) is 8.19. The van der Waals surface area contributed by atoms with Crippen LogP contribution in [0.1, 0.15) is 49.3 Å². The molecule has 20 heteroatoms. The SMILES string of the molecule is C=C/C(c1c([C@@H](N)Cc2cc(F)cc(F)c2)nc(C#CC(C)(C)S(C)(=O)=O)c2ccccc12)=c1\c(=C(/C)Cl)c(N(S(C)(=O)=O)S(C)(=O)=O)nn1CC(F)(F)F. The van der Waals surface area contributed by atoms with Crippen LogP contribution in [0.25, 0.3) is 21.4 Å². The molecule has 0 spiro atoms. The zero-order valence-electron chi connectivity index (χ0n) is 30.1. The van der Waals surface area contributed by atoms with Gasteiger partial charge in [-0.1, -0.05) is 54.4 Å². The maximum Gasteiger partial charge on any atom is 0.408 e. The van der Waals surface area contributed by atoms with Gasteiger partial charge in [-0.2, -0.15) is 18.3 Å². The van der Waals surface area contributed by atoms with Gasteiger partial charge < -0.3 is 5.73 Å². The number of alkyl halides is 3. The van der Waals surface area contributed by atoms with Crippen LogP contribution < -0.4 is 20.0 Å². The molecule has 4 aromatic rings. The molecule has 1 atom stereocenters. The number of fused-ring (bicyclic) bond motifs is 1. The van der Waals surface area contributed by atoms with Crippen molar-refractivity contribution in [2.24, 2.45) is 5.73 Å². The number of pyridine rings is 1. The van der Waals surface area contributed by atoms with E-state index in [1.165, 1.54) is 32.9 Å². The van der Waals surface area contributed by atoms with Crippen molar-refractivity contribution in [1.82, 2.24) is 14.8 Å². The van der Waals surface area contributed by atoms with Gasteiger partial charge >= 0.3 is 6.18 Å². The topological polar surface area (TPSA) is 162 Å². The van der Waals surface area contributed by atoms with Gasteiger partial charge in [0.25, 0.3) is 0 Å². The lowest BCUT2D eigenvalue weighted by molar-refractivity contribution is -0.143. The third kappa shape index (κ3) is 9.55. The number of nitrogens with two attached hydrogens (primary N) is 1. The first-order chi connectivity index (χ1) is 25.1. The fourth-order valence-electron chi connectivity index (χ4n) is 5.64. The van der Waals surface area contributed by atoms with Crippen molar-refractivity contribution in [2.45, 2.75) is 50.7 Å². The van der Waals surface area contributed by atoms with Gasteiger partial charge in [-0.15, -0.1) is 3.71 Å². The van der Waals surface area contributed by atoms with E-state index in [0.717, 1.165) is 24.5 Å². The average Bonchev–Trinajstić information content (AvgIpc) is 3.34. The standard InChI is InChI=1S/C35H35ClF5N5O6S3/c1-8-24(32-29(20(2)36)33(44-45(32)19-35(39,40)41)46(54(6,49)50)55(7,51)52)30-26-12-10-9-11-25(26)28(13-14-34(3,4)53(5,47)48)43-31(30)27(42)17-21-15-22(37)18-23(38)16-21/h8-12,15-16,18,27H,1,17,19,42H2,2-7H3/b29-20-,32-24-/t27-/m0/s1. The minimum Gasteiger partial charge on any atom is -0.322 e. The number of hydrogen-bond acceptors (Lipinski definition) is 9. The molecule has 55 heavy (non-hydrogen) atoms. The van der Waals surface area contributed by atoms with E-state index in [4.69, 9.17) is 17.3 Å². The summed E-state index contributed by atoms with van der Waals surface area (Å²) < 4.78 is 147. The Morgan fingerprint density at radius 3 is 2.02 bits per heavy atom. The predicted molar refractivity (Wildman–Crippen MR) is 202 cm³/mol. The van der Waals surface area contributed by atoms with E-state index in [0.29, 0.717) is 23.3 Å². The highest BCUT2D eigenvalue weighted by atomic mass is 35.5. The molecule has 296 valence electrons. The molecule has 0 saturated heterocycles. The summed E-state index contributed by atoms with van der Waals surface area (Å²) in [7, 11) is -13.3. The Bertz CT molecular complexity index is 2700. The second-order valence-electron chi connectivity index (χ2n) is 13.1. The summed E-state index contributed by atoms with van der Waals surface area (Å²) in [6.07, 6.45) is -2.23. The Balaban J connectivity index is 2.36. The van der Waals surface area contributed by atoms with E-state index in [1.807, 2.05) is 0 Å². The first kappa shape index (κ1) is 43.4. The second-order valence-corrected chi connectivity index (χ2v) is 20.1. The number of halogens is 6. The molecule has 0 aliphatic heterocycles. The number of rotatable bonds is 10. The average molecular weight is 848 g/mol. The Labute approximate surface area is 320 Å². The summed E-state index contributed by atoms with van der Waals surface area (Å²) >= 11 is 6.47. The van der Waals surface area contributed by atoms with Crippen LogP contribution in [-0.4, -0.2) is 69.7 Å². The lowest BCUT2D eigenvalue weighted by Crippen LogP contribution is -2.41. The number of sulfone groups is 1. The van der Waals surface area contributed by atoms with E-state index in [9.17, 15) is 47.2 Å². The number of nitrogens with zero attached hydrogens (tertiary/aromatic N) is 4. The molecule has 2 N–H and O–H groups in total. The van der Waals surface area contributed by atoms with Crippen molar-refractivity contribution >= 4 is 68.7 Å². The molecule has 0 radical (unpaired) electrons. The minimum atomic E-state index is -5.02. The van der Waals surface area contributed by atoms with E-state index in [-0.39, 0.29) is 54.0 Å². The van der Waals surface area contributed by atoms with E-state index < -0.39 is 81.4 Å². The first-order valence-corrected chi connectivity index (χ1v) is 21.8. The van der Waals surface area contributed by atoms with Gasteiger partial charge in [-0.05, 0) is 56.2 Å². The first-order valence-electron chi connectivity index (χ1n) is 15.8. The number of anilines is 1. The molecule has 0 saturated carbocycles. The molecule has 4 rings (SSSR count). The molecular formula is C35H35ClF5N5O6S3. The van der Waals surface area contributed by atoms with Crippen molar-refractivity contribution in [3.8, 4) is 11.8 Å². The lowest BCUT2D eigenvalue weighted by atomic mass is 9.90. The summed E-state index contributed by atoms with van der Waals surface area (Å²) in [4.78, 5) is 4.68. The highest BCUT2D eigenvalue weighted by molar-refractivity contribution is 8.09. The number of allylic oxidation sites excluding steroid dienone is 1. The summed E-state index contributed by atoms with van der Waals surface area (Å²) in [5, 5.41) is 2.85. The molecule has 11 nitrogen and oxygen atoms in total. The maximum atomic E-state index is 14.3. The van der Waals surface area contributed by atoms with Gasteiger partial charge in [0.2, 0.25) is 20.0 Å². The smallest absolute Gasteiger partial charge is 0.322 e. The summed E-state index contributed by atoms with van der Waals surface area (Å²) in [5.74, 6) is 2.64. The molecule has 2 heterocycles. The summed E-state index contributed by atoms with van der Waals surface area (Å²) in [6.45, 7) is 5.84. The molecule has 2 aromatic heterocycles. The van der Waals surface area contributed by atoms with Crippen LogP contribution in [0.2, 0.25) is 0 Å². The monoisotopic (exact) mass is 847 g/mol. The molecule has 0 unspecified atom stereocenters.